The highest BCUT2D eigenvalue weighted by Crippen LogP contribution is 2.31. The quantitative estimate of drug-likeness (QED) is 0.374. The fourth-order valence-corrected chi connectivity index (χ4v) is 4.03. The van der Waals surface area contributed by atoms with E-state index in [1.165, 1.54) is 0 Å². The minimum atomic E-state index is 0.169. The highest BCUT2D eigenvalue weighted by molar-refractivity contribution is 5.95. The number of hydrogen-bond acceptors (Lipinski definition) is 7. The number of ketones is 1. The van der Waals surface area contributed by atoms with E-state index in [1.54, 1.807) is 24.8 Å². The van der Waals surface area contributed by atoms with Crippen LogP contribution in [0.5, 0.6) is 0 Å². The van der Waals surface area contributed by atoms with E-state index in [0.717, 1.165) is 44.7 Å². The third-order valence-corrected chi connectivity index (χ3v) is 5.91. The van der Waals surface area contributed by atoms with Gasteiger partial charge < -0.3 is 4.98 Å². The Kier molecular flexibility index (Phi) is 5.07. The molecular formula is C26H20N8O. The van der Waals surface area contributed by atoms with Gasteiger partial charge in [0.25, 0.3) is 0 Å². The normalized spacial score (nSPS) is 11.3. The molecule has 9 heteroatoms. The second-order valence-electron chi connectivity index (χ2n) is 8.16. The zero-order chi connectivity index (χ0) is 23.8. The van der Waals surface area contributed by atoms with E-state index in [2.05, 4.69) is 35.1 Å². The number of rotatable bonds is 6. The number of carbonyl (C=O) groups excluding carboxylic acids is 1. The first-order valence-electron chi connectivity index (χ1n) is 11.3. The molecule has 6 aromatic heterocycles. The molecule has 0 saturated carbocycles. The first-order valence-corrected chi connectivity index (χ1v) is 11.3. The summed E-state index contributed by atoms with van der Waals surface area (Å²) in [5, 5.41) is 8.24. The highest BCUT2D eigenvalue weighted by atomic mass is 16.1. The Morgan fingerprint density at radius 3 is 2.63 bits per heavy atom. The Morgan fingerprint density at radius 2 is 1.83 bits per heavy atom. The van der Waals surface area contributed by atoms with Crippen LogP contribution in [0.3, 0.4) is 0 Å². The number of carbonyl (C=O) groups is 1. The molecule has 0 bridgehead atoms. The molecule has 9 nitrogen and oxygen atoms in total. The van der Waals surface area contributed by atoms with E-state index in [1.807, 2.05) is 49.4 Å². The lowest BCUT2D eigenvalue weighted by Crippen LogP contribution is -2.02. The molecule has 0 fully saturated rings. The number of imidazole rings is 1. The topological polar surface area (TPSA) is 126 Å². The Morgan fingerprint density at radius 1 is 0.914 bits per heavy atom. The molecule has 0 spiro atoms. The smallest absolute Gasteiger partial charge is 0.181 e. The van der Waals surface area contributed by atoms with Crippen molar-refractivity contribution in [2.75, 3.05) is 0 Å². The van der Waals surface area contributed by atoms with Crippen LogP contribution in [-0.4, -0.2) is 45.9 Å². The second-order valence-corrected chi connectivity index (χ2v) is 8.16. The van der Waals surface area contributed by atoms with Gasteiger partial charge in [0.15, 0.2) is 17.1 Å². The summed E-state index contributed by atoms with van der Waals surface area (Å²) >= 11 is 0. The molecule has 0 aliphatic heterocycles. The molecule has 0 amide bonds. The molecule has 6 aromatic rings. The van der Waals surface area contributed by atoms with E-state index in [-0.39, 0.29) is 5.78 Å². The zero-order valence-electron chi connectivity index (χ0n) is 18.9. The molecule has 0 aliphatic carbocycles. The molecular weight excluding hydrogens is 440 g/mol. The van der Waals surface area contributed by atoms with Gasteiger partial charge in [-0.15, -0.1) is 0 Å². The number of aromatic amines is 2. The lowest BCUT2D eigenvalue weighted by Gasteiger charge is -2.03. The molecule has 6 heterocycles. The summed E-state index contributed by atoms with van der Waals surface area (Å²) in [6, 6.07) is 13.6. The van der Waals surface area contributed by atoms with E-state index in [9.17, 15) is 4.79 Å². The Hall–Kier alpha value is -4.79. The van der Waals surface area contributed by atoms with Gasteiger partial charge in [0.05, 0.1) is 16.6 Å². The van der Waals surface area contributed by atoms with Gasteiger partial charge in [0.2, 0.25) is 0 Å². The van der Waals surface area contributed by atoms with E-state index < -0.39 is 0 Å². The summed E-state index contributed by atoms with van der Waals surface area (Å²) in [5.41, 5.74) is 7.02. The number of aromatic nitrogens is 8. The van der Waals surface area contributed by atoms with Crippen LogP contribution in [0.1, 0.15) is 19.0 Å². The lowest BCUT2D eigenvalue weighted by atomic mass is 10.1. The number of H-pyrrole nitrogens is 2. The highest BCUT2D eigenvalue weighted by Gasteiger charge is 2.17. The predicted molar refractivity (Wildman–Crippen MR) is 132 cm³/mol. The van der Waals surface area contributed by atoms with Gasteiger partial charge in [-0.3, -0.25) is 19.9 Å². The third kappa shape index (κ3) is 3.82. The van der Waals surface area contributed by atoms with Crippen molar-refractivity contribution in [3.05, 3.63) is 72.9 Å². The average Bonchev–Trinajstić information content (AvgIpc) is 3.53. The number of nitrogens with one attached hydrogen (secondary N) is 2. The van der Waals surface area contributed by atoms with Crippen LogP contribution < -0.4 is 0 Å². The van der Waals surface area contributed by atoms with Gasteiger partial charge in [-0.05, 0) is 30.3 Å². The fraction of sp³-hybridized carbons (Fsp3) is 0.115. The van der Waals surface area contributed by atoms with Gasteiger partial charge in [-0.1, -0.05) is 19.1 Å². The Balaban J connectivity index is 1.40. The number of fused-ring (bicyclic) bond motifs is 2. The molecule has 0 radical (unpaired) electrons. The molecule has 2 N–H and O–H groups in total. The van der Waals surface area contributed by atoms with Gasteiger partial charge in [-0.2, -0.15) is 5.10 Å². The number of nitrogens with zero attached hydrogens (tertiary/aromatic N) is 6. The van der Waals surface area contributed by atoms with E-state index in [0.29, 0.717) is 30.0 Å². The maximum absolute atomic E-state index is 11.7. The molecule has 35 heavy (non-hydrogen) atoms. The number of hydrogen-bond donors (Lipinski definition) is 2. The van der Waals surface area contributed by atoms with Crippen molar-refractivity contribution in [1.29, 1.82) is 0 Å². The molecule has 6 rings (SSSR count). The first-order chi connectivity index (χ1) is 17.2. The maximum atomic E-state index is 11.7. The van der Waals surface area contributed by atoms with Gasteiger partial charge in [-0.25, -0.2) is 15.0 Å². The van der Waals surface area contributed by atoms with E-state index in [4.69, 9.17) is 4.98 Å². The van der Waals surface area contributed by atoms with Crippen molar-refractivity contribution >= 4 is 28.0 Å². The monoisotopic (exact) mass is 460 g/mol. The van der Waals surface area contributed by atoms with Crippen molar-refractivity contribution in [2.24, 2.45) is 0 Å². The number of pyridine rings is 4. The minimum absolute atomic E-state index is 0.169. The molecule has 0 aromatic carbocycles. The minimum Gasteiger partial charge on any atom is -0.335 e. The average molecular weight is 461 g/mol. The van der Waals surface area contributed by atoms with Crippen LogP contribution >= 0.6 is 0 Å². The SMILES string of the molecule is CCC(=O)Cc1ccc(-c2cnc3n[nH]c(-c4nc5nccc(-c6ccccn6)c5[nH]4)c3c2)cn1. The maximum Gasteiger partial charge on any atom is 0.181 e. The fourth-order valence-electron chi connectivity index (χ4n) is 4.03. The standard InChI is InChI=1S/C26H20N8O/c1-2-18(35)12-17-7-6-15(13-29-17)16-11-20-23(33-34-24(20)30-14-16)26-31-22-19(8-10-28-25(22)32-26)21-5-3-4-9-27-21/h3-11,13-14H,2,12H2,1H3,(H,28,31,32)(H,30,33,34). The Labute approximate surface area is 199 Å². The molecule has 0 saturated heterocycles. The van der Waals surface area contributed by atoms with Crippen molar-refractivity contribution in [1.82, 2.24) is 40.1 Å². The number of Topliss-reactive ketones (excluding diaryl/α,β-unsaturated/α-hetero) is 1. The zero-order valence-corrected chi connectivity index (χ0v) is 18.9. The van der Waals surface area contributed by atoms with Crippen LogP contribution in [0.2, 0.25) is 0 Å². The van der Waals surface area contributed by atoms with Crippen LogP contribution in [0.4, 0.5) is 0 Å². The second kappa shape index (κ2) is 8.53. The Bertz CT molecular complexity index is 1670. The van der Waals surface area contributed by atoms with Gasteiger partial charge >= 0.3 is 0 Å². The summed E-state index contributed by atoms with van der Waals surface area (Å²) in [7, 11) is 0. The molecule has 170 valence electrons. The predicted octanol–water partition coefficient (Wildman–Crippen LogP) is 4.54. The summed E-state index contributed by atoms with van der Waals surface area (Å²) in [6.45, 7) is 1.86. The van der Waals surface area contributed by atoms with Crippen LogP contribution in [0.25, 0.3) is 56.1 Å². The summed E-state index contributed by atoms with van der Waals surface area (Å²) in [6.07, 6.45) is 7.88. The summed E-state index contributed by atoms with van der Waals surface area (Å²) in [4.78, 5) is 37.7. The van der Waals surface area contributed by atoms with Gasteiger partial charge in [0, 0.05) is 60.0 Å². The van der Waals surface area contributed by atoms with Crippen molar-refractivity contribution in [2.45, 2.75) is 19.8 Å². The largest absolute Gasteiger partial charge is 0.335 e. The third-order valence-electron chi connectivity index (χ3n) is 5.91. The van der Waals surface area contributed by atoms with Crippen molar-refractivity contribution < 1.29 is 4.79 Å². The molecule has 0 unspecified atom stereocenters. The summed E-state index contributed by atoms with van der Waals surface area (Å²) in [5.74, 6) is 0.784. The van der Waals surface area contributed by atoms with Gasteiger partial charge in [0.1, 0.15) is 11.5 Å². The van der Waals surface area contributed by atoms with Crippen LogP contribution in [0, 0.1) is 0 Å². The molecule has 0 aliphatic rings. The van der Waals surface area contributed by atoms with Crippen molar-refractivity contribution in [3.63, 3.8) is 0 Å². The first kappa shape index (κ1) is 20.8. The molecule has 0 atom stereocenters. The van der Waals surface area contributed by atoms with Crippen LogP contribution in [-0.2, 0) is 11.2 Å². The lowest BCUT2D eigenvalue weighted by molar-refractivity contribution is -0.118. The van der Waals surface area contributed by atoms with Crippen LogP contribution in [0.15, 0.2) is 67.3 Å². The van der Waals surface area contributed by atoms with Crippen molar-refractivity contribution in [3.8, 4) is 33.9 Å². The van der Waals surface area contributed by atoms with E-state index >= 15 is 0 Å². The summed E-state index contributed by atoms with van der Waals surface area (Å²) < 4.78 is 0.